The number of aromatic amines is 1. The topological polar surface area (TPSA) is 67.3 Å². The van der Waals surface area contributed by atoms with Crippen molar-refractivity contribution in [3.63, 3.8) is 0 Å². The van der Waals surface area contributed by atoms with Crippen LogP contribution in [0.15, 0.2) is 18.5 Å². The van der Waals surface area contributed by atoms with Gasteiger partial charge in [0.25, 0.3) is 0 Å². The van der Waals surface area contributed by atoms with Crippen LogP contribution in [0.5, 0.6) is 0 Å². The molecule has 2 rings (SSSR count). The largest absolute Gasteiger partial charge is 0.263 e. The predicted octanol–water partition coefficient (Wildman–Crippen LogP) is 1.60. The fraction of sp³-hybridized carbons (Fsp3) is 0.333. The fourth-order valence-corrected chi connectivity index (χ4v) is 0.857. The van der Waals surface area contributed by atoms with Crippen molar-refractivity contribution in [3.05, 3.63) is 24.3 Å². The molecule has 5 heteroatoms. The lowest BCUT2D eigenvalue weighted by Crippen LogP contribution is -1.88. The molecule has 2 aromatic heterocycles. The summed E-state index contributed by atoms with van der Waals surface area (Å²) >= 11 is 0. The number of hydrogen-bond donors (Lipinski definition) is 1. The third-order valence-corrected chi connectivity index (χ3v) is 1.36. The SMILES string of the molecule is CC.Cc1nc(-c2ncccn2)n[nH]1. The molecule has 0 saturated carbocycles. The molecule has 0 saturated heterocycles. The first-order chi connectivity index (χ1) is 6.86. The van der Waals surface area contributed by atoms with Crippen LogP contribution in [0.4, 0.5) is 0 Å². The highest BCUT2D eigenvalue weighted by Gasteiger charge is 2.04. The van der Waals surface area contributed by atoms with Crippen LogP contribution in [0.3, 0.4) is 0 Å². The summed E-state index contributed by atoms with van der Waals surface area (Å²) in [5.41, 5.74) is 0. The van der Waals surface area contributed by atoms with Crippen LogP contribution in [0.2, 0.25) is 0 Å². The summed E-state index contributed by atoms with van der Waals surface area (Å²) in [6, 6.07) is 1.75. The van der Waals surface area contributed by atoms with E-state index in [2.05, 4.69) is 25.1 Å². The van der Waals surface area contributed by atoms with E-state index >= 15 is 0 Å². The van der Waals surface area contributed by atoms with Gasteiger partial charge in [-0.1, -0.05) is 13.8 Å². The predicted molar refractivity (Wildman–Crippen MR) is 53.5 cm³/mol. The first-order valence-electron chi connectivity index (χ1n) is 4.52. The summed E-state index contributed by atoms with van der Waals surface area (Å²) in [4.78, 5) is 12.1. The Morgan fingerprint density at radius 1 is 1.07 bits per heavy atom. The van der Waals surface area contributed by atoms with E-state index in [1.807, 2.05) is 20.8 Å². The Morgan fingerprint density at radius 3 is 2.21 bits per heavy atom. The third-order valence-electron chi connectivity index (χ3n) is 1.36. The number of hydrogen-bond acceptors (Lipinski definition) is 4. The molecule has 1 N–H and O–H groups in total. The lowest BCUT2D eigenvalue weighted by atomic mass is 10.5. The maximum absolute atomic E-state index is 4.09. The molecule has 0 aliphatic rings. The number of rotatable bonds is 1. The summed E-state index contributed by atoms with van der Waals surface area (Å²) in [5, 5.41) is 6.65. The van der Waals surface area contributed by atoms with Gasteiger partial charge in [-0.15, -0.1) is 5.10 Å². The molecule has 0 spiro atoms. The quantitative estimate of drug-likeness (QED) is 0.743. The number of H-pyrrole nitrogens is 1. The molecule has 0 amide bonds. The molecule has 0 atom stereocenters. The first-order valence-corrected chi connectivity index (χ1v) is 4.52. The summed E-state index contributed by atoms with van der Waals surface area (Å²) in [5.74, 6) is 1.84. The smallest absolute Gasteiger partial charge is 0.218 e. The van der Waals surface area contributed by atoms with Gasteiger partial charge in [-0.3, -0.25) is 5.10 Å². The Balaban J connectivity index is 0.000000461. The lowest BCUT2D eigenvalue weighted by Gasteiger charge is -1.88. The van der Waals surface area contributed by atoms with E-state index in [-0.39, 0.29) is 0 Å². The summed E-state index contributed by atoms with van der Waals surface area (Å²) in [6.07, 6.45) is 3.32. The molecule has 5 nitrogen and oxygen atoms in total. The van der Waals surface area contributed by atoms with Crippen molar-refractivity contribution in [2.45, 2.75) is 20.8 Å². The van der Waals surface area contributed by atoms with Crippen molar-refractivity contribution in [1.29, 1.82) is 0 Å². The van der Waals surface area contributed by atoms with Crippen molar-refractivity contribution >= 4 is 0 Å². The van der Waals surface area contributed by atoms with E-state index in [4.69, 9.17) is 0 Å². The van der Waals surface area contributed by atoms with Gasteiger partial charge in [0, 0.05) is 12.4 Å². The van der Waals surface area contributed by atoms with Crippen LogP contribution in [0.25, 0.3) is 11.6 Å². The van der Waals surface area contributed by atoms with Gasteiger partial charge in [0.1, 0.15) is 5.82 Å². The van der Waals surface area contributed by atoms with Gasteiger partial charge in [-0.25, -0.2) is 15.0 Å². The molecule has 0 aromatic carbocycles. The van der Waals surface area contributed by atoms with Crippen molar-refractivity contribution in [3.8, 4) is 11.6 Å². The first kappa shape index (κ1) is 10.3. The minimum atomic E-state index is 0.535. The number of nitrogens with zero attached hydrogens (tertiary/aromatic N) is 4. The highest BCUT2D eigenvalue weighted by molar-refractivity contribution is 5.40. The van der Waals surface area contributed by atoms with Crippen LogP contribution in [0, 0.1) is 6.92 Å². The van der Waals surface area contributed by atoms with E-state index in [0.717, 1.165) is 5.82 Å². The maximum Gasteiger partial charge on any atom is 0.218 e. The van der Waals surface area contributed by atoms with Crippen LogP contribution in [-0.2, 0) is 0 Å². The van der Waals surface area contributed by atoms with Crippen LogP contribution in [-0.4, -0.2) is 25.1 Å². The average Bonchev–Trinajstić information content (AvgIpc) is 2.69. The van der Waals surface area contributed by atoms with Gasteiger partial charge < -0.3 is 0 Å². The summed E-state index contributed by atoms with van der Waals surface area (Å²) in [6.45, 7) is 5.83. The summed E-state index contributed by atoms with van der Waals surface area (Å²) in [7, 11) is 0. The van der Waals surface area contributed by atoms with Crippen molar-refractivity contribution in [2.75, 3.05) is 0 Å². The lowest BCUT2D eigenvalue weighted by molar-refractivity contribution is 1.03. The van der Waals surface area contributed by atoms with Crippen LogP contribution >= 0.6 is 0 Å². The fourth-order valence-electron chi connectivity index (χ4n) is 0.857. The average molecular weight is 191 g/mol. The molecule has 0 radical (unpaired) electrons. The molecular weight excluding hydrogens is 178 g/mol. The molecule has 0 aliphatic heterocycles. The Bertz CT molecular complexity index is 368. The third kappa shape index (κ3) is 2.35. The zero-order chi connectivity index (χ0) is 10.4. The Kier molecular flexibility index (Phi) is 3.72. The van der Waals surface area contributed by atoms with Crippen LogP contribution < -0.4 is 0 Å². The second-order valence-corrected chi connectivity index (χ2v) is 2.32. The normalized spacial score (nSPS) is 9.07. The van der Waals surface area contributed by atoms with Gasteiger partial charge in [0.2, 0.25) is 5.82 Å². The monoisotopic (exact) mass is 191 g/mol. The highest BCUT2D eigenvalue weighted by atomic mass is 15.2. The maximum atomic E-state index is 4.09. The molecule has 0 bridgehead atoms. The molecule has 0 unspecified atom stereocenters. The number of aryl methyl sites for hydroxylation is 1. The standard InChI is InChI=1S/C7H7N5.C2H6/c1-5-10-7(12-11-5)6-8-3-2-4-9-6;1-2/h2-4H,1H3,(H,10,11,12);1-2H3. The Hall–Kier alpha value is -1.78. The van der Waals surface area contributed by atoms with E-state index in [1.54, 1.807) is 18.5 Å². The number of aromatic nitrogens is 5. The van der Waals surface area contributed by atoms with Crippen molar-refractivity contribution < 1.29 is 0 Å². The minimum Gasteiger partial charge on any atom is -0.263 e. The highest BCUT2D eigenvalue weighted by Crippen LogP contribution is 2.05. The zero-order valence-electron chi connectivity index (χ0n) is 8.52. The summed E-state index contributed by atoms with van der Waals surface area (Å²) < 4.78 is 0. The molecule has 74 valence electrons. The van der Waals surface area contributed by atoms with Crippen LogP contribution in [0.1, 0.15) is 19.7 Å². The van der Waals surface area contributed by atoms with Gasteiger partial charge in [0.15, 0.2) is 5.82 Å². The molecule has 2 heterocycles. The Labute approximate surface area is 82.6 Å². The zero-order valence-corrected chi connectivity index (χ0v) is 8.52. The van der Waals surface area contributed by atoms with Gasteiger partial charge >= 0.3 is 0 Å². The second-order valence-electron chi connectivity index (χ2n) is 2.32. The van der Waals surface area contributed by atoms with Gasteiger partial charge in [-0.2, -0.15) is 0 Å². The van der Waals surface area contributed by atoms with Crippen molar-refractivity contribution in [1.82, 2.24) is 25.1 Å². The van der Waals surface area contributed by atoms with E-state index in [0.29, 0.717) is 11.6 Å². The minimum absolute atomic E-state index is 0.535. The molecular formula is C9H13N5. The molecule has 2 aromatic rings. The van der Waals surface area contributed by atoms with E-state index in [1.165, 1.54) is 0 Å². The molecule has 0 fully saturated rings. The van der Waals surface area contributed by atoms with E-state index < -0.39 is 0 Å². The Morgan fingerprint density at radius 2 is 1.71 bits per heavy atom. The number of nitrogens with one attached hydrogen (secondary N) is 1. The van der Waals surface area contributed by atoms with Gasteiger partial charge in [-0.05, 0) is 13.0 Å². The molecule has 14 heavy (non-hydrogen) atoms. The molecule has 0 aliphatic carbocycles. The van der Waals surface area contributed by atoms with Gasteiger partial charge in [0.05, 0.1) is 0 Å². The van der Waals surface area contributed by atoms with Crippen molar-refractivity contribution in [2.24, 2.45) is 0 Å². The van der Waals surface area contributed by atoms with E-state index in [9.17, 15) is 0 Å². The second kappa shape index (κ2) is 5.06.